The van der Waals surface area contributed by atoms with Crippen molar-refractivity contribution in [3.05, 3.63) is 76.9 Å². The predicted octanol–water partition coefficient (Wildman–Crippen LogP) is 2.78. The highest BCUT2D eigenvalue weighted by Gasteiger charge is 2.26. The molecule has 5 nitrogen and oxygen atoms in total. The van der Waals surface area contributed by atoms with Gasteiger partial charge < -0.3 is 15.4 Å². The van der Waals surface area contributed by atoms with Crippen LogP contribution in [0.4, 0.5) is 4.39 Å². The zero-order valence-corrected chi connectivity index (χ0v) is 14.0. The molecular weight excluding hydrogens is 333 g/mol. The SMILES string of the molecule is O=C1NCC(c2ccc(F)cc2)Cc2[nH]c(-c3ccc(CO)cc3)nc21. The number of H-pyrrole nitrogens is 1. The molecule has 0 saturated carbocycles. The molecule has 1 amide bonds. The van der Waals surface area contributed by atoms with Crippen LogP contribution in [-0.2, 0) is 13.0 Å². The third-order valence-corrected chi connectivity index (χ3v) is 4.70. The maximum absolute atomic E-state index is 13.2. The number of nitrogens with one attached hydrogen (secondary N) is 2. The minimum Gasteiger partial charge on any atom is -0.392 e. The van der Waals surface area contributed by atoms with Crippen LogP contribution in [0.2, 0.25) is 0 Å². The third kappa shape index (κ3) is 3.11. The number of imidazole rings is 1. The van der Waals surface area contributed by atoms with Crippen molar-refractivity contribution in [2.24, 2.45) is 0 Å². The second kappa shape index (κ2) is 6.72. The van der Waals surface area contributed by atoms with Gasteiger partial charge in [-0.1, -0.05) is 36.4 Å². The van der Waals surface area contributed by atoms with E-state index in [4.69, 9.17) is 5.11 Å². The van der Waals surface area contributed by atoms with Gasteiger partial charge in [-0.3, -0.25) is 4.79 Å². The van der Waals surface area contributed by atoms with Gasteiger partial charge >= 0.3 is 0 Å². The van der Waals surface area contributed by atoms with Gasteiger partial charge in [0.15, 0.2) is 0 Å². The van der Waals surface area contributed by atoms with Crippen LogP contribution in [0.1, 0.15) is 33.2 Å². The Bertz CT molecular complexity index is 933. The Morgan fingerprint density at radius 3 is 2.54 bits per heavy atom. The molecular formula is C20H18FN3O2. The maximum Gasteiger partial charge on any atom is 0.271 e. The highest BCUT2D eigenvalue weighted by Crippen LogP contribution is 2.27. The number of fused-ring (bicyclic) bond motifs is 1. The second-order valence-electron chi connectivity index (χ2n) is 6.43. The largest absolute Gasteiger partial charge is 0.392 e. The second-order valence-corrected chi connectivity index (χ2v) is 6.43. The first kappa shape index (κ1) is 16.5. The van der Waals surface area contributed by atoms with Crippen LogP contribution < -0.4 is 5.32 Å². The molecule has 0 fully saturated rings. The van der Waals surface area contributed by atoms with E-state index in [1.54, 1.807) is 12.1 Å². The number of hydrogen-bond donors (Lipinski definition) is 3. The first-order chi connectivity index (χ1) is 12.6. The van der Waals surface area contributed by atoms with Crippen molar-refractivity contribution in [2.75, 3.05) is 6.54 Å². The summed E-state index contributed by atoms with van der Waals surface area (Å²) in [6.07, 6.45) is 0.613. The molecule has 1 aromatic heterocycles. The number of nitrogens with zero attached hydrogens (tertiary/aromatic N) is 1. The molecule has 26 heavy (non-hydrogen) atoms. The van der Waals surface area contributed by atoms with E-state index in [2.05, 4.69) is 15.3 Å². The topological polar surface area (TPSA) is 78.0 Å². The Labute approximate surface area is 149 Å². The summed E-state index contributed by atoms with van der Waals surface area (Å²) >= 11 is 0. The number of rotatable bonds is 3. The van der Waals surface area contributed by atoms with E-state index >= 15 is 0 Å². The van der Waals surface area contributed by atoms with Gasteiger partial charge in [-0.05, 0) is 29.7 Å². The van der Waals surface area contributed by atoms with Gasteiger partial charge in [0.1, 0.15) is 17.3 Å². The number of aliphatic hydroxyl groups is 1. The van der Waals surface area contributed by atoms with Gasteiger partial charge in [0.2, 0.25) is 0 Å². The van der Waals surface area contributed by atoms with Crippen LogP contribution in [0, 0.1) is 5.82 Å². The molecule has 2 aromatic carbocycles. The van der Waals surface area contributed by atoms with Crippen molar-refractivity contribution in [2.45, 2.75) is 18.9 Å². The lowest BCUT2D eigenvalue weighted by atomic mass is 9.94. The lowest BCUT2D eigenvalue weighted by molar-refractivity contribution is 0.0950. The molecule has 2 heterocycles. The average molecular weight is 351 g/mol. The quantitative estimate of drug-likeness (QED) is 0.679. The smallest absolute Gasteiger partial charge is 0.271 e. The Morgan fingerprint density at radius 1 is 1.12 bits per heavy atom. The van der Waals surface area contributed by atoms with E-state index in [0.717, 1.165) is 22.4 Å². The van der Waals surface area contributed by atoms with Gasteiger partial charge in [-0.2, -0.15) is 0 Å². The summed E-state index contributed by atoms with van der Waals surface area (Å²) in [6.45, 7) is 0.464. The van der Waals surface area contributed by atoms with Crippen LogP contribution >= 0.6 is 0 Å². The van der Waals surface area contributed by atoms with Crippen molar-refractivity contribution in [1.29, 1.82) is 0 Å². The number of halogens is 1. The summed E-state index contributed by atoms with van der Waals surface area (Å²) in [4.78, 5) is 20.1. The van der Waals surface area contributed by atoms with Gasteiger partial charge in [0.05, 0.1) is 6.61 Å². The molecule has 4 rings (SSSR count). The molecule has 1 unspecified atom stereocenters. The van der Waals surface area contributed by atoms with Gasteiger partial charge in [-0.15, -0.1) is 0 Å². The summed E-state index contributed by atoms with van der Waals surface area (Å²) in [5, 5.41) is 12.1. The molecule has 0 bridgehead atoms. The molecule has 6 heteroatoms. The number of aromatic amines is 1. The van der Waals surface area contributed by atoms with E-state index in [9.17, 15) is 9.18 Å². The molecule has 132 valence electrons. The fraction of sp³-hybridized carbons (Fsp3) is 0.200. The monoisotopic (exact) mass is 351 g/mol. The molecule has 3 aromatic rings. The van der Waals surface area contributed by atoms with Crippen molar-refractivity contribution < 1.29 is 14.3 Å². The normalized spacial score (nSPS) is 16.7. The third-order valence-electron chi connectivity index (χ3n) is 4.70. The lowest BCUT2D eigenvalue weighted by Gasteiger charge is -2.14. The summed E-state index contributed by atoms with van der Waals surface area (Å²) < 4.78 is 13.2. The number of benzene rings is 2. The predicted molar refractivity (Wildman–Crippen MR) is 95.1 cm³/mol. The fourth-order valence-electron chi connectivity index (χ4n) is 3.24. The average Bonchev–Trinajstić information content (AvgIpc) is 3.03. The van der Waals surface area contributed by atoms with Crippen LogP contribution in [0.15, 0.2) is 48.5 Å². The van der Waals surface area contributed by atoms with Crippen LogP contribution in [0.25, 0.3) is 11.4 Å². The zero-order valence-electron chi connectivity index (χ0n) is 14.0. The van der Waals surface area contributed by atoms with Crippen molar-refractivity contribution in [1.82, 2.24) is 15.3 Å². The Morgan fingerprint density at radius 2 is 1.85 bits per heavy atom. The summed E-state index contributed by atoms with van der Waals surface area (Å²) in [7, 11) is 0. The molecule has 0 aliphatic carbocycles. The number of hydrogen-bond acceptors (Lipinski definition) is 3. The van der Waals surface area contributed by atoms with Gasteiger partial charge in [0.25, 0.3) is 5.91 Å². The highest BCUT2D eigenvalue weighted by molar-refractivity contribution is 5.94. The van der Waals surface area contributed by atoms with Crippen LogP contribution in [0.3, 0.4) is 0 Å². The Kier molecular flexibility index (Phi) is 4.26. The Balaban J connectivity index is 1.66. The van der Waals surface area contributed by atoms with Crippen LogP contribution in [-0.4, -0.2) is 27.5 Å². The number of carbonyl (C=O) groups excluding carboxylic acids is 1. The van der Waals surface area contributed by atoms with E-state index in [0.29, 0.717) is 24.5 Å². The number of amides is 1. The molecule has 3 N–H and O–H groups in total. The summed E-state index contributed by atoms with van der Waals surface area (Å²) in [6, 6.07) is 13.7. The lowest BCUT2D eigenvalue weighted by Crippen LogP contribution is -2.26. The standard InChI is InChI=1S/C20H18FN3O2/c21-16-7-5-13(6-8-16)15-9-17-18(20(26)22-10-15)24-19(23-17)14-3-1-12(11-25)2-4-14/h1-8,15,25H,9-11H2,(H,22,26)(H,23,24). The molecule has 1 aliphatic heterocycles. The minimum absolute atomic E-state index is 0.0172. The molecule has 0 radical (unpaired) electrons. The maximum atomic E-state index is 13.2. The molecule has 1 atom stereocenters. The van der Waals surface area contributed by atoms with E-state index in [1.807, 2.05) is 24.3 Å². The minimum atomic E-state index is -0.276. The van der Waals surface area contributed by atoms with E-state index < -0.39 is 0 Å². The van der Waals surface area contributed by atoms with Crippen molar-refractivity contribution in [3.63, 3.8) is 0 Å². The molecule has 0 saturated heterocycles. The summed E-state index contributed by atoms with van der Waals surface area (Å²) in [5.74, 6) is 0.182. The zero-order chi connectivity index (χ0) is 18.1. The van der Waals surface area contributed by atoms with E-state index in [1.165, 1.54) is 12.1 Å². The van der Waals surface area contributed by atoms with Crippen molar-refractivity contribution >= 4 is 5.91 Å². The summed E-state index contributed by atoms with van der Waals surface area (Å²) in [5.41, 5.74) is 3.81. The Hall–Kier alpha value is -2.99. The first-order valence-corrected chi connectivity index (χ1v) is 8.47. The molecule has 1 aliphatic rings. The number of carbonyl (C=O) groups is 1. The highest BCUT2D eigenvalue weighted by atomic mass is 19.1. The van der Waals surface area contributed by atoms with Crippen LogP contribution in [0.5, 0.6) is 0 Å². The van der Waals surface area contributed by atoms with Gasteiger partial charge in [-0.25, -0.2) is 9.37 Å². The van der Waals surface area contributed by atoms with Gasteiger partial charge in [0, 0.05) is 23.7 Å². The number of aromatic nitrogens is 2. The molecule has 0 spiro atoms. The number of aliphatic hydroxyl groups excluding tert-OH is 1. The van der Waals surface area contributed by atoms with E-state index in [-0.39, 0.29) is 24.2 Å². The fourth-order valence-corrected chi connectivity index (χ4v) is 3.24. The van der Waals surface area contributed by atoms with Crippen molar-refractivity contribution in [3.8, 4) is 11.4 Å². The first-order valence-electron chi connectivity index (χ1n) is 8.47.